The van der Waals surface area contributed by atoms with Crippen molar-refractivity contribution in [3.63, 3.8) is 0 Å². The van der Waals surface area contributed by atoms with Crippen LogP contribution in [0, 0.1) is 0 Å². The molecule has 1 spiro atoms. The number of esters is 1. The number of fused-ring (bicyclic) bond motifs is 2. The summed E-state index contributed by atoms with van der Waals surface area (Å²) in [5.74, 6) is -1.37. The minimum Gasteiger partial charge on any atom is -0.468 e. The van der Waals surface area contributed by atoms with Gasteiger partial charge in [-0.15, -0.1) is 0 Å². The molecule has 0 saturated carbocycles. The van der Waals surface area contributed by atoms with Crippen molar-refractivity contribution in [3.8, 4) is 0 Å². The van der Waals surface area contributed by atoms with Crippen LogP contribution >= 0.6 is 0 Å². The van der Waals surface area contributed by atoms with Crippen LogP contribution < -0.4 is 0 Å². The SMILES string of the molecule is COC(=O)CN1C(=O)[C@@H]2C[C@@H](O)CN2C2(CN(C3CCOCC3)C2)C1=O. The third-order valence-electron chi connectivity index (χ3n) is 6.17. The highest BCUT2D eigenvalue weighted by molar-refractivity contribution is 6.07. The highest BCUT2D eigenvalue weighted by atomic mass is 16.5. The van der Waals surface area contributed by atoms with E-state index in [1.807, 2.05) is 4.90 Å². The number of nitrogens with zero attached hydrogens (tertiary/aromatic N) is 3. The minimum atomic E-state index is -0.831. The second-order valence-electron chi connectivity index (χ2n) is 7.64. The van der Waals surface area contributed by atoms with Crippen LogP contribution in [0.25, 0.3) is 0 Å². The number of hydrogen-bond donors (Lipinski definition) is 1. The number of methoxy groups -OCH3 is 1. The van der Waals surface area contributed by atoms with Crippen LogP contribution in [0.1, 0.15) is 19.3 Å². The summed E-state index contributed by atoms with van der Waals surface area (Å²) in [6.45, 7) is 2.43. The van der Waals surface area contributed by atoms with Crippen LogP contribution in [0.5, 0.6) is 0 Å². The summed E-state index contributed by atoms with van der Waals surface area (Å²) in [5.41, 5.74) is -0.831. The zero-order valence-corrected chi connectivity index (χ0v) is 14.9. The van der Waals surface area contributed by atoms with Crippen LogP contribution in [0.15, 0.2) is 0 Å². The zero-order valence-electron chi connectivity index (χ0n) is 14.9. The van der Waals surface area contributed by atoms with Crippen LogP contribution in [0.4, 0.5) is 0 Å². The third kappa shape index (κ3) is 2.65. The standard InChI is InChI=1S/C17H25N3O6/c1-25-14(22)8-19-15(23)13-6-12(21)7-20(13)17(16(19)24)9-18(10-17)11-2-4-26-5-3-11/h11-13,21H,2-10H2,1H3/t12-,13+/m1/s1. The second-order valence-corrected chi connectivity index (χ2v) is 7.64. The molecular weight excluding hydrogens is 342 g/mol. The molecule has 0 aliphatic carbocycles. The molecule has 2 amide bonds. The first-order valence-electron chi connectivity index (χ1n) is 9.15. The van der Waals surface area contributed by atoms with Crippen LogP contribution in [-0.4, -0.2) is 108 Å². The molecule has 4 aliphatic heterocycles. The van der Waals surface area contributed by atoms with E-state index in [9.17, 15) is 19.5 Å². The van der Waals surface area contributed by atoms with E-state index in [1.54, 1.807) is 0 Å². The average molecular weight is 367 g/mol. The first-order chi connectivity index (χ1) is 12.5. The van der Waals surface area contributed by atoms with Crippen molar-refractivity contribution in [2.24, 2.45) is 0 Å². The number of ether oxygens (including phenoxy) is 2. The van der Waals surface area contributed by atoms with Crippen LogP contribution in [-0.2, 0) is 23.9 Å². The quantitative estimate of drug-likeness (QED) is 0.461. The first kappa shape index (κ1) is 17.8. The van der Waals surface area contributed by atoms with E-state index in [4.69, 9.17) is 4.74 Å². The first-order valence-corrected chi connectivity index (χ1v) is 9.15. The number of hydrogen-bond acceptors (Lipinski definition) is 8. The number of carbonyl (C=O) groups is 3. The molecule has 1 N–H and O–H groups in total. The summed E-state index contributed by atoms with van der Waals surface area (Å²) < 4.78 is 10.1. The topological polar surface area (TPSA) is 99.6 Å². The number of piperazine rings is 1. The molecule has 9 nitrogen and oxygen atoms in total. The molecular formula is C17H25N3O6. The lowest BCUT2D eigenvalue weighted by Gasteiger charge is -2.60. The third-order valence-corrected chi connectivity index (χ3v) is 6.17. The van der Waals surface area contributed by atoms with Gasteiger partial charge in [-0.3, -0.25) is 29.1 Å². The number of imide groups is 1. The van der Waals surface area contributed by atoms with Gasteiger partial charge in [-0.2, -0.15) is 0 Å². The lowest BCUT2D eigenvalue weighted by molar-refractivity contribution is -0.186. The Labute approximate surface area is 151 Å². The van der Waals surface area contributed by atoms with Gasteiger partial charge in [0.2, 0.25) is 5.91 Å². The second kappa shape index (κ2) is 6.56. The van der Waals surface area contributed by atoms with Crippen LogP contribution in [0.2, 0.25) is 0 Å². The fraction of sp³-hybridized carbons (Fsp3) is 0.824. The largest absolute Gasteiger partial charge is 0.468 e. The molecule has 4 saturated heterocycles. The predicted molar refractivity (Wildman–Crippen MR) is 88.0 cm³/mol. The van der Waals surface area contributed by atoms with Gasteiger partial charge in [-0.25, -0.2) is 0 Å². The molecule has 0 aromatic rings. The monoisotopic (exact) mass is 367 g/mol. The van der Waals surface area contributed by atoms with Gasteiger partial charge in [0.25, 0.3) is 5.91 Å². The Morgan fingerprint density at radius 3 is 2.65 bits per heavy atom. The molecule has 26 heavy (non-hydrogen) atoms. The fourth-order valence-corrected chi connectivity index (χ4v) is 4.77. The highest BCUT2D eigenvalue weighted by Gasteiger charge is 2.65. The molecule has 4 rings (SSSR count). The number of likely N-dealkylation sites (tertiary alicyclic amines) is 1. The Morgan fingerprint density at radius 2 is 2.00 bits per heavy atom. The normalized spacial score (nSPS) is 32.6. The van der Waals surface area contributed by atoms with Crippen LogP contribution in [0.3, 0.4) is 0 Å². The lowest BCUT2D eigenvalue weighted by Crippen LogP contribution is -2.82. The van der Waals surface area contributed by atoms with E-state index < -0.39 is 29.6 Å². The van der Waals surface area contributed by atoms with Gasteiger partial charge < -0.3 is 14.6 Å². The highest BCUT2D eigenvalue weighted by Crippen LogP contribution is 2.41. The zero-order chi connectivity index (χ0) is 18.5. The number of rotatable bonds is 3. The Bertz CT molecular complexity index is 614. The Hall–Kier alpha value is -1.55. The van der Waals surface area contributed by atoms with E-state index in [0.717, 1.165) is 31.0 Å². The van der Waals surface area contributed by atoms with Gasteiger partial charge in [-0.1, -0.05) is 0 Å². The van der Waals surface area contributed by atoms with Gasteiger partial charge >= 0.3 is 5.97 Å². The summed E-state index contributed by atoms with van der Waals surface area (Å²) in [6, 6.07) is -0.177. The van der Waals surface area contributed by atoms with E-state index in [0.29, 0.717) is 32.1 Å². The molecule has 0 aromatic carbocycles. The van der Waals surface area contributed by atoms with Crippen molar-refractivity contribution in [2.45, 2.75) is 43.0 Å². The van der Waals surface area contributed by atoms with Crippen molar-refractivity contribution in [3.05, 3.63) is 0 Å². The average Bonchev–Trinajstić information content (AvgIpc) is 3.00. The Balaban J connectivity index is 1.57. The van der Waals surface area contributed by atoms with Gasteiger partial charge in [-0.05, 0) is 19.3 Å². The maximum atomic E-state index is 13.2. The number of amides is 2. The van der Waals surface area contributed by atoms with Crippen molar-refractivity contribution < 1.29 is 29.0 Å². The number of aliphatic hydroxyl groups excluding tert-OH is 1. The predicted octanol–water partition coefficient (Wildman–Crippen LogP) is -1.80. The smallest absolute Gasteiger partial charge is 0.325 e. The van der Waals surface area contributed by atoms with Gasteiger partial charge in [0.1, 0.15) is 12.1 Å². The summed E-state index contributed by atoms with van der Waals surface area (Å²) in [6.07, 6.45) is 1.52. The Kier molecular flexibility index (Phi) is 4.50. The molecule has 0 aromatic heterocycles. The fourth-order valence-electron chi connectivity index (χ4n) is 4.77. The van der Waals surface area contributed by atoms with E-state index in [2.05, 4.69) is 9.64 Å². The molecule has 9 heteroatoms. The molecule has 4 heterocycles. The van der Waals surface area contributed by atoms with Gasteiger partial charge in [0.05, 0.1) is 19.3 Å². The summed E-state index contributed by atoms with van der Waals surface area (Å²) in [7, 11) is 1.23. The van der Waals surface area contributed by atoms with E-state index in [1.165, 1.54) is 7.11 Å². The number of β-amino-alcohol motifs (C(OH)–C–C–N with tert-alkyl or cyclic N) is 1. The maximum absolute atomic E-state index is 13.2. The maximum Gasteiger partial charge on any atom is 0.325 e. The van der Waals surface area contributed by atoms with Crippen molar-refractivity contribution >= 4 is 17.8 Å². The van der Waals surface area contributed by atoms with Gasteiger partial charge in [0, 0.05) is 38.9 Å². The molecule has 4 fully saturated rings. The molecule has 144 valence electrons. The Morgan fingerprint density at radius 1 is 1.31 bits per heavy atom. The molecule has 0 bridgehead atoms. The molecule has 2 atom stereocenters. The van der Waals surface area contributed by atoms with Gasteiger partial charge in [0.15, 0.2) is 0 Å². The number of carbonyl (C=O) groups excluding carboxylic acids is 3. The van der Waals surface area contributed by atoms with Crippen molar-refractivity contribution in [1.82, 2.24) is 14.7 Å². The summed E-state index contributed by atoms with van der Waals surface area (Å²) in [5, 5.41) is 10.1. The summed E-state index contributed by atoms with van der Waals surface area (Å²) in [4.78, 5) is 42.8. The summed E-state index contributed by atoms with van der Waals surface area (Å²) >= 11 is 0. The molecule has 0 radical (unpaired) electrons. The van der Waals surface area contributed by atoms with E-state index >= 15 is 0 Å². The molecule has 4 aliphatic rings. The molecule has 0 unspecified atom stereocenters. The number of aliphatic hydroxyl groups is 1. The lowest BCUT2D eigenvalue weighted by atomic mass is 9.80. The van der Waals surface area contributed by atoms with E-state index in [-0.39, 0.29) is 12.5 Å². The van der Waals surface area contributed by atoms with Crippen molar-refractivity contribution in [2.75, 3.05) is 46.5 Å². The minimum absolute atomic E-state index is 0.294. The van der Waals surface area contributed by atoms with Crippen molar-refractivity contribution in [1.29, 1.82) is 0 Å².